The van der Waals surface area contributed by atoms with Crippen LogP contribution >= 0.6 is 0 Å². The van der Waals surface area contributed by atoms with E-state index >= 15 is 0 Å². The lowest BCUT2D eigenvalue weighted by molar-refractivity contribution is -0.119. The van der Waals surface area contributed by atoms with Crippen LogP contribution in [0.5, 0.6) is 0 Å². The van der Waals surface area contributed by atoms with Gasteiger partial charge in [-0.1, -0.05) is 18.2 Å². The molecule has 0 saturated carbocycles. The second-order valence-corrected chi connectivity index (χ2v) is 9.47. The second kappa shape index (κ2) is 8.87. The van der Waals surface area contributed by atoms with Crippen LogP contribution in [0.3, 0.4) is 0 Å². The Morgan fingerprint density at radius 2 is 1.61 bits per heavy atom. The molecule has 0 aromatic heterocycles. The van der Waals surface area contributed by atoms with Gasteiger partial charge >= 0.3 is 0 Å². The first-order valence-corrected chi connectivity index (χ1v) is 11.1. The van der Waals surface area contributed by atoms with Gasteiger partial charge in [0.1, 0.15) is 0 Å². The summed E-state index contributed by atoms with van der Waals surface area (Å²) in [5.41, 5.74) is 0.851. The van der Waals surface area contributed by atoms with Crippen molar-refractivity contribution in [1.82, 2.24) is 13.5 Å². The number of rotatable bonds is 5. The average Bonchev–Trinajstić information content (AvgIpc) is 2.67. The molecule has 0 aliphatic carbocycles. The largest absolute Gasteiger partial charge is 0.373 e. The molecule has 156 valence electrons. The number of para-hydroxylation sites is 1. The van der Waals surface area contributed by atoms with Crippen LogP contribution in [0, 0.1) is 0 Å². The Balaban J connectivity index is 1.53. The van der Waals surface area contributed by atoms with Crippen LogP contribution in [0.15, 0.2) is 30.3 Å². The molecule has 2 aliphatic rings. The molecule has 8 nitrogen and oxygen atoms in total. The molecule has 3 rings (SSSR count). The van der Waals surface area contributed by atoms with Gasteiger partial charge in [0.15, 0.2) is 0 Å². The van der Waals surface area contributed by atoms with Crippen LogP contribution in [-0.2, 0) is 19.7 Å². The zero-order valence-electron chi connectivity index (χ0n) is 16.8. The third kappa shape index (κ3) is 4.90. The normalized spacial score (nSPS) is 25.5. The van der Waals surface area contributed by atoms with Crippen LogP contribution in [0.25, 0.3) is 0 Å². The first-order valence-electron chi connectivity index (χ1n) is 9.72. The molecule has 2 heterocycles. The zero-order chi connectivity index (χ0) is 20.3. The number of amides is 1. The Morgan fingerprint density at radius 1 is 1.04 bits per heavy atom. The topological polar surface area (TPSA) is 73.4 Å². The van der Waals surface area contributed by atoms with E-state index in [0.717, 1.165) is 5.69 Å². The summed E-state index contributed by atoms with van der Waals surface area (Å²) in [6.45, 7) is 6.71. The summed E-state index contributed by atoms with van der Waals surface area (Å²) in [6.07, 6.45) is -0.211. The average molecular weight is 411 g/mol. The number of anilines is 1. The number of ether oxygens (including phenoxy) is 1. The molecule has 28 heavy (non-hydrogen) atoms. The zero-order valence-corrected chi connectivity index (χ0v) is 17.6. The summed E-state index contributed by atoms with van der Waals surface area (Å²) in [6, 6.07) is 9.50. The van der Waals surface area contributed by atoms with Crippen LogP contribution in [-0.4, -0.2) is 92.9 Å². The van der Waals surface area contributed by atoms with Crippen molar-refractivity contribution >= 4 is 21.8 Å². The number of benzene rings is 1. The Morgan fingerprint density at radius 3 is 2.18 bits per heavy atom. The summed E-state index contributed by atoms with van der Waals surface area (Å²) in [7, 11) is -1.73. The van der Waals surface area contributed by atoms with Crippen LogP contribution < -0.4 is 4.90 Å². The molecule has 0 bridgehead atoms. The highest BCUT2D eigenvalue weighted by atomic mass is 32.2. The fourth-order valence-electron chi connectivity index (χ4n) is 3.69. The number of hydrogen-bond donors (Lipinski definition) is 0. The first-order chi connectivity index (χ1) is 13.3. The molecular weight excluding hydrogens is 380 g/mol. The van der Waals surface area contributed by atoms with E-state index in [9.17, 15) is 13.2 Å². The number of hydrogen-bond acceptors (Lipinski definition) is 5. The van der Waals surface area contributed by atoms with E-state index in [-0.39, 0.29) is 24.7 Å². The highest BCUT2D eigenvalue weighted by molar-refractivity contribution is 7.86. The van der Waals surface area contributed by atoms with Crippen molar-refractivity contribution in [2.45, 2.75) is 26.1 Å². The van der Waals surface area contributed by atoms with Gasteiger partial charge in [0.05, 0.1) is 18.8 Å². The number of likely N-dealkylation sites (N-methyl/N-ethyl adjacent to an activating group) is 1. The van der Waals surface area contributed by atoms with Crippen LogP contribution in [0.1, 0.15) is 13.8 Å². The van der Waals surface area contributed by atoms with E-state index in [4.69, 9.17) is 4.74 Å². The summed E-state index contributed by atoms with van der Waals surface area (Å²) < 4.78 is 34.6. The lowest BCUT2D eigenvalue weighted by Gasteiger charge is -2.40. The highest BCUT2D eigenvalue weighted by Crippen LogP contribution is 2.19. The molecule has 0 radical (unpaired) electrons. The van der Waals surface area contributed by atoms with Gasteiger partial charge in [-0.15, -0.1) is 0 Å². The van der Waals surface area contributed by atoms with Gasteiger partial charge in [0, 0.05) is 52.0 Å². The van der Waals surface area contributed by atoms with Crippen LogP contribution in [0.4, 0.5) is 5.69 Å². The number of nitrogens with zero attached hydrogens (tertiary/aromatic N) is 4. The molecule has 2 aliphatic heterocycles. The van der Waals surface area contributed by atoms with Gasteiger partial charge in [0.25, 0.3) is 10.2 Å². The molecule has 0 N–H and O–H groups in total. The van der Waals surface area contributed by atoms with Crippen molar-refractivity contribution in [2.24, 2.45) is 0 Å². The van der Waals surface area contributed by atoms with Crippen molar-refractivity contribution in [2.75, 3.05) is 57.8 Å². The number of carbonyl (C=O) groups is 1. The van der Waals surface area contributed by atoms with Gasteiger partial charge in [-0.3, -0.25) is 9.69 Å². The quantitative estimate of drug-likeness (QED) is 0.712. The van der Waals surface area contributed by atoms with E-state index in [1.807, 2.05) is 49.1 Å². The molecular formula is C19H30N4O4S. The minimum atomic E-state index is -3.50. The first kappa shape index (κ1) is 21.2. The SMILES string of the molecule is C[C@@H]1CN(S(=O)(=O)N2CCN(CC(=O)N(C)c3ccccc3)CC2)C[C@@H](C)O1. The minimum Gasteiger partial charge on any atom is -0.373 e. The van der Waals surface area contributed by atoms with Crippen molar-refractivity contribution in [3.05, 3.63) is 30.3 Å². The third-order valence-electron chi connectivity index (χ3n) is 5.25. The van der Waals surface area contributed by atoms with Crippen molar-refractivity contribution in [3.8, 4) is 0 Å². The van der Waals surface area contributed by atoms with E-state index in [1.165, 1.54) is 8.61 Å². The van der Waals surface area contributed by atoms with E-state index in [0.29, 0.717) is 39.3 Å². The molecule has 2 fully saturated rings. The Labute approximate surface area is 167 Å². The maximum Gasteiger partial charge on any atom is 0.282 e. The second-order valence-electron chi connectivity index (χ2n) is 7.55. The van der Waals surface area contributed by atoms with Gasteiger partial charge in [0.2, 0.25) is 5.91 Å². The maximum atomic E-state index is 13.0. The lowest BCUT2D eigenvalue weighted by atomic mass is 10.3. The predicted octanol–water partition coefficient (Wildman–Crippen LogP) is 0.621. The lowest BCUT2D eigenvalue weighted by Crippen LogP contribution is -2.57. The van der Waals surface area contributed by atoms with Crippen molar-refractivity contribution < 1.29 is 17.9 Å². The van der Waals surface area contributed by atoms with Crippen LogP contribution in [0.2, 0.25) is 0 Å². The summed E-state index contributed by atoms with van der Waals surface area (Å²) in [4.78, 5) is 16.2. The minimum absolute atomic E-state index is 0.00154. The molecule has 1 aromatic rings. The Hall–Kier alpha value is -1.52. The highest BCUT2D eigenvalue weighted by Gasteiger charge is 2.36. The number of piperazine rings is 1. The fraction of sp³-hybridized carbons (Fsp3) is 0.632. The monoisotopic (exact) mass is 410 g/mol. The fourth-order valence-corrected chi connectivity index (χ4v) is 5.44. The Bertz CT molecular complexity index is 755. The van der Waals surface area contributed by atoms with E-state index in [1.54, 1.807) is 11.9 Å². The Kier molecular flexibility index (Phi) is 6.72. The molecule has 2 saturated heterocycles. The molecule has 0 spiro atoms. The van der Waals surface area contributed by atoms with E-state index < -0.39 is 10.2 Å². The summed E-state index contributed by atoms with van der Waals surface area (Å²) >= 11 is 0. The van der Waals surface area contributed by atoms with Gasteiger partial charge in [-0.2, -0.15) is 17.0 Å². The smallest absolute Gasteiger partial charge is 0.282 e. The number of morpholine rings is 1. The standard InChI is InChI=1S/C19H30N4O4S/c1-16-13-23(14-17(2)27-16)28(25,26)22-11-9-21(10-12-22)15-19(24)20(3)18-7-5-4-6-8-18/h4-8,16-17H,9-15H2,1-3H3/t16-,17-/m1/s1. The number of carbonyl (C=O) groups excluding carboxylic acids is 1. The maximum absolute atomic E-state index is 13.0. The van der Waals surface area contributed by atoms with Gasteiger partial charge < -0.3 is 9.64 Å². The van der Waals surface area contributed by atoms with Crippen molar-refractivity contribution in [1.29, 1.82) is 0 Å². The van der Waals surface area contributed by atoms with Gasteiger partial charge in [-0.25, -0.2) is 0 Å². The van der Waals surface area contributed by atoms with E-state index in [2.05, 4.69) is 0 Å². The predicted molar refractivity (Wildman–Crippen MR) is 108 cm³/mol. The summed E-state index contributed by atoms with van der Waals surface area (Å²) in [5, 5.41) is 0. The molecule has 1 aromatic carbocycles. The summed E-state index contributed by atoms with van der Waals surface area (Å²) in [5.74, 6) is -0.00154. The molecule has 2 atom stereocenters. The molecule has 9 heteroatoms. The third-order valence-corrected chi connectivity index (χ3v) is 7.21. The van der Waals surface area contributed by atoms with Gasteiger partial charge in [-0.05, 0) is 26.0 Å². The molecule has 1 amide bonds. The van der Waals surface area contributed by atoms with Crippen molar-refractivity contribution in [3.63, 3.8) is 0 Å². The molecule has 0 unspecified atom stereocenters.